The fraction of sp³-hybridized carbons (Fsp3) is 0.750. The molecule has 1 aliphatic heterocycles. The molecule has 1 fully saturated rings. The number of rotatable bonds is 3. The van der Waals surface area contributed by atoms with Gasteiger partial charge in [0.2, 0.25) is 0 Å². The molecule has 0 bridgehead atoms. The number of hydrogen-bond donors (Lipinski definition) is 0. The number of hydrogen-bond acceptors (Lipinski definition) is 1. The SMILES string of the molecule is C=C(C)CCC1COC1. The second-order valence-electron chi connectivity index (χ2n) is 2.90. The highest BCUT2D eigenvalue weighted by Crippen LogP contribution is 2.17. The lowest BCUT2D eigenvalue weighted by molar-refractivity contribution is -0.0352. The van der Waals surface area contributed by atoms with Crippen LogP contribution in [0, 0.1) is 5.92 Å². The molecule has 0 radical (unpaired) electrons. The van der Waals surface area contributed by atoms with Gasteiger partial charge < -0.3 is 4.74 Å². The van der Waals surface area contributed by atoms with Crippen molar-refractivity contribution in [2.24, 2.45) is 5.92 Å². The molecule has 1 aliphatic rings. The van der Waals surface area contributed by atoms with Crippen LogP contribution in [0.4, 0.5) is 0 Å². The van der Waals surface area contributed by atoms with Gasteiger partial charge in [0.1, 0.15) is 0 Å². The Labute approximate surface area is 56.7 Å². The highest BCUT2D eigenvalue weighted by molar-refractivity contribution is 4.88. The average molecular weight is 126 g/mol. The third-order valence-electron chi connectivity index (χ3n) is 1.69. The molecule has 0 aromatic rings. The summed E-state index contributed by atoms with van der Waals surface area (Å²) in [4.78, 5) is 0. The van der Waals surface area contributed by atoms with E-state index in [9.17, 15) is 0 Å². The molecule has 0 aromatic carbocycles. The average Bonchev–Trinajstić information content (AvgIpc) is 1.60. The normalized spacial score (nSPS) is 19.2. The minimum Gasteiger partial charge on any atom is -0.381 e. The van der Waals surface area contributed by atoms with Gasteiger partial charge in [-0.15, -0.1) is 6.58 Å². The van der Waals surface area contributed by atoms with Crippen molar-refractivity contribution >= 4 is 0 Å². The van der Waals surface area contributed by atoms with Gasteiger partial charge in [-0.25, -0.2) is 0 Å². The maximum absolute atomic E-state index is 5.04. The van der Waals surface area contributed by atoms with Crippen molar-refractivity contribution < 1.29 is 4.74 Å². The molecule has 0 atom stereocenters. The van der Waals surface area contributed by atoms with Crippen LogP contribution in [0.15, 0.2) is 12.2 Å². The molecular formula is C8H14O. The number of allylic oxidation sites excluding steroid dienone is 1. The predicted molar refractivity (Wildman–Crippen MR) is 38.4 cm³/mol. The van der Waals surface area contributed by atoms with Gasteiger partial charge in [0, 0.05) is 5.92 Å². The zero-order valence-corrected chi connectivity index (χ0v) is 6.02. The summed E-state index contributed by atoms with van der Waals surface area (Å²) in [5.41, 5.74) is 1.29. The highest BCUT2D eigenvalue weighted by Gasteiger charge is 2.16. The Morgan fingerprint density at radius 3 is 2.67 bits per heavy atom. The molecule has 1 saturated heterocycles. The summed E-state index contributed by atoms with van der Waals surface area (Å²) in [5, 5.41) is 0. The second-order valence-corrected chi connectivity index (χ2v) is 2.90. The first-order valence-corrected chi connectivity index (χ1v) is 3.51. The Balaban J connectivity index is 1.97. The lowest BCUT2D eigenvalue weighted by Gasteiger charge is -2.25. The first-order chi connectivity index (χ1) is 4.29. The van der Waals surface area contributed by atoms with E-state index in [2.05, 4.69) is 13.5 Å². The number of ether oxygens (including phenoxy) is 1. The fourth-order valence-corrected chi connectivity index (χ4v) is 0.902. The maximum Gasteiger partial charge on any atom is 0.0516 e. The fourth-order valence-electron chi connectivity index (χ4n) is 0.902. The third kappa shape index (κ3) is 2.19. The minimum absolute atomic E-state index is 0.835. The molecule has 1 heteroatoms. The molecule has 1 heterocycles. The predicted octanol–water partition coefficient (Wildman–Crippen LogP) is 1.99. The summed E-state index contributed by atoms with van der Waals surface area (Å²) in [5.74, 6) is 0.835. The molecule has 1 nitrogen and oxygen atoms in total. The van der Waals surface area contributed by atoms with Crippen molar-refractivity contribution in [3.8, 4) is 0 Å². The van der Waals surface area contributed by atoms with E-state index in [1.54, 1.807) is 0 Å². The maximum atomic E-state index is 5.04. The molecule has 52 valence electrons. The Kier molecular flexibility index (Phi) is 2.29. The van der Waals surface area contributed by atoms with Crippen molar-refractivity contribution in [2.75, 3.05) is 13.2 Å². The van der Waals surface area contributed by atoms with E-state index in [0.717, 1.165) is 19.1 Å². The van der Waals surface area contributed by atoms with Crippen LogP contribution in [0.2, 0.25) is 0 Å². The Bertz CT molecular complexity index is 103. The third-order valence-corrected chi connectivity index (χ3v) is 1.69. The van der Waals surface area contributed by atoms with E-state index in [1.807, 2.05) is 0 Å². The molecule has 0 saturated carbocycles. The highest BCUT2D eigenvalue weighted by atomic mass is 16.5. The van der Waals surface area contributed by atoms with E-state index < -0.39 is 0 Å². The summed E-state index contributed by atoms with van der Waals surface area (Å²) in [6, 6.07) is 0. The van der Waals surface area contributed by atoms with Gasteiger partial charge in [0.25, 0.3) is 0 Å². The van der Waals surface area contributed by atoms with Crippen LogP contribution >= 0.6 is 0 Å². The summed E-state index contributed by atoms with van der Waals surface area (Å²) in [6.07, 6.45) is 2.45. The van der Waals surface area contributed by atoms with E-state index in [1.165, 1.54) is 18.4 Å². The molecule has 9 heavy (non-hydrogen) atoms. The molecule has 0 unspecified atom stereocenters. The van der Waals surface area contributed by atoms with E-state index in [4.69, 9.17) is 4.74 Å². The first-order valence-electron chi connectivity index (χ1n) is 3.51. The van der Waals surface area contributed by atoms with Crippen LogP contribution in [-0.2, 0) is 4.74 Å². The summed E-state index contributed by atoms with van der Waals surface area (Å²) >= 11 is 0. The largest absolute Gasteiger partial charge is 0.381 e. The van der Waals surface area contributed by atoms with E-state index >= 15 is 0 Å². The monoisotopic (exact) mass is 126 g/mol. The zero-order chi connectivity index (χ0) is 6.69. The van der Waals surface area contributed by atoms with E-state index in [0.29, 0.717) is 0 Å². The molecule has 0 spiro atoms. The van der Waals surface area contributed by atoms with Crippen molar-refractivity contribution in [2.45, 2.75) is 19.8 Å². The molecule has 0 N–H and O–H groups in total. The van der Waals surface area contributed by atoms with Gasteiger partial charge in [-0.1, -0.05) is 5.57 Å². The molecule has 0 aromatic heterocycles. The summed E-state index contributed by atoms with van der Waals surface area (Å²) in [7, 11) is 0. The Morgan fingerprint density at radius 1 is 1.67 bits per heavy atom. The van der Waals surface area contributed by atoms with Crippen molar-refractivity contribution in [3.05, 3.63) is 12.2 Å². The quantitative estimate of drug-likeness (QED) is 0.525. The minimum atomic E-state index is 0.835. The van der Waals surface area contributed by atoms with Crippen molar-refractivity contribution in [1.29, 1.82) is 0 Å². The lowest BCUT2D eigenvalue weighted by atomic mass is 9.99. The lowest BCUT2D eigenvalue weighted by Crippen LogP contribution is -2.27. The van der Waals surface area contributed by atoms with Gasteiger partial charge >= 0.3 is 0 Å². The van der Waals surface area contributed by atoms with E-state index in [-0.39, 0.29) is 0 Å². The Hall–Kier alpha value is -0.300. The van der Waals surface area contributed by atoms with Crippen LogP contribution < -0.4 is 0 Å². The summed E-state index contributed by atoms with van der Waals surface area (Å²) in [6.45, 7) is 7.89. The van der Waals surface area contributed by atoms with Gasteiger partial charge in [-0.05, 0) is 19.8 Å². The molecule has 1 rings (SSSR count). The molecular weight excluding hydrogens is 112 g/mol. The smallest absolute Gasteiger partial charge is 0.0516 e. The van der Waals surface area contributed by atoms with Gasteiger partial charge in [-0.3, -0.25) is 0 Å². The van der Waals surface area contributed by atoms with Crippen LogP contribution in [0.3, 0.4) is 0 Å². The standard InChI is InChI=1S/C8H14O/c1-7(2)3-4-8-5-9-6-8/h8H,1,3-6H2,2H3. The van der Waals surface area contributed by atoms with Crippen LogP contribution in [0.1, 0.15) is 19.8 Å². The molecule has 0 amide bonds. The van der Waals surface area contributed by atoms with Crippen LogP contribution in [0.5, 0.6) is 0 Å². The topological polar surface area (TPSA) is 9.23 Å². The zero-order valence-electron chi connectivity index (χ0n) is 6.02. The summed E-state index contributed by atoms with van der Waals surface area (Å²) < 4.78 is 5.04. The van der Waals surface area contributed by atoms with Crippen molar-refractivity contribution in [1.82, 2.24) is 0 Å². The van der Waals surface area contributed by atoms with Crippen molar-refractivity contribution in [3.63, 3.8) is 0 Å². The Morgan fingerprint density at radius 2 is 2.33 bits per heavy atom. The molecule has 0 aliphatic carbocycles. The van der Waals surface area contributed by atoms with Gasteiger partial charge in [0.05, 0.1) is 13.2 Å². The van der Waals surface area contributed by atoms with Gasteiger partial charge in [-0.2, -0.15) is 0 Å². The first kappa shape index (κ1) is 6.81. The van der Waals surface area contributed by atoms with Crippen LogP contribution in [0.25, 0.3) is 0 Å². The second kappa shape index (κ2) is 3.02. The van der Waals surface area contributed by atoms with Crippen LogP contribution in [-0.4, -0.2) is 13.2 Å². The van der Waals surface area contributed by atoms with Gasteiger partial charge in [0.15, 0.2) is 0 Å².